The number of sulfonamides is 1. The number of carbonyl (C=O) groups is 1. The lowest BCUT2D eigenvalue weighted by Gasteiger charge is -2.08. The van der Waals surface area contributed by atoms with Crippen LogP contribution in [0.1, 0.15) is 21.8 Å². The Hall–Kier alpha value is -2.91. The molecule has 0 saturated carbocycles. The standard InChI is InChI=1S/C18H20N4O4S/c1-13-17(14(2)26-21-13)27(24,25)20-10-9-19-18(23)15-5-7-16(8-6-15)22-11-3-4-12-22/h3-8,11-12,20H,9-10H2,1-2H3,(H,19,23). The number of amides is 1. The fourth-order valence-corrected chi connectivity index (χ4v) is 4.04. The van der Waals surface area contributed by atoms with Crippen molar-refractivity contribution in [3.8, 4) is 5.69 Å². The molecule has 0 aliphatic rings. The molecule has 0 saturated heterocycles. The van der Waals surface area contributed by atoms with Crippen molar-refractivity contribution in [2.75, 3.05) is 13.1 Å². The van der Waals surface area contributed by atoms with Gasteiger partial charge in [-0.15, -0.1) is 0 Å². The van der Waals surface area contributed by atoms with Gasteiger partial charge in [0.25, 0.3) is 5.91 Å². The van der Waals surface area contributed by atoms with Crippen LogP contribution in [0.2, 0.25) is 0 Å². The summed E-state index contributed by atoms with van der Waals surface area (Å²) in [5.41, 5.74) is 1.75. The minimum absolute atomic E-state index is 0.0365. The molecule has 0 atom stereocenters. The van der Waals surface area contributed by atoms with Crippen molar-refractivity contribution in [1.29, 1.82) is 0 Å². The average Bonchev–Trinajstić information content (AvgIpc) is 3.29. The summed E-state index contributed by atoms with van der Waals surface area (Å²) in [5.74, 6) is -0.0441. The molecule has 0 spiro atoms. The lowest BCUT2D eigenvalue weighted by atomic mass is 10.2. The van der Waals surface area contributed by atoms with E-state index in [0.29, 0.717) is 11.3 Å². The monoisotopic (exact) mass is 388 g/mol. The maximum Gasteiger partial charge on any atom is 0.251 e. The third-order valence-electron chi connectivity index (χ3n) is 3.97. The molecule has 0 aliphatic heterocycles. The molecule has 9 heteroatoms. The highest BCUT2D eigenvalue weighted by molar-refractivity contribution is 7.89. The Balaban J connectivity index is 1.52. The topological polar surface area (TPSA) is 106 Å². The molecule has 0 radical (unpaired) electrons. The van der Waals surface area contributed by atoms with E-state index in [1.807, 2.05) is 41.2 Å². The maximum absolute atomic E-state index is 12.3. The van der Waals surface area contributed by atoms with Crippen molar-refractivity contribution < 1.29 is 17.7 Å². The van der Waals surface area contributed by atoms with Gasteiger partial charge in [0.15, 0.2) is 5.76 Å². The van der Waals surface area contributed by atoms with E-state index in [9.17, 15) is 13.2 Å². The van der Waals surface area contributed by atoms with E-state index in [0.717, 1.165) is 5.69 Å². The summed E-state index contributed by atoms with van der Waals surface area (Å²) >= 11 is 0. The summed E-state index contributed by atoms with van der Waals surface area (Å²) in [6, 6.07) is 11.0. The van der Waals surface area contributed by atoms with Gasteiger partial charge in [-0.3, -0.25) is 4.79 Å². The third-order valence-corrected chi connectivity index (χ3v) is 5.68. The van der Waals surface area contributed by atoms with Crippen molar-refractivity contribution >= 4 is 15.9 Å². The molecular formula is C18H20N4O4S. The van der Waals surface area contributed by atoms with Crippen LogP contribution in [-0.2, 0) is 10.0 Å². The SMILES string of the molecule is Cc1noc(C)c1S(=O)(=O)NCCNC(=O)c1ccc(-n2cccc2)cc1. The van der Waals surface area contributed by atoms with Crippen LogP contribution in [-0.4, -0.2) is 37.1 Å². The zero-order valence-electron chi connectivity index (χ0n) is 15.0. The first kappa shape index (κ1) is 18.9. The quantitative estimate of drug-likeness (QED) is 0.600. The van der Waals surface area contributed by atoms with Crippen LogP contribution in [0, 0.1) is 13.8 Å². The third kappa shape index (κ3) is 4.26. The van der Waals surface area contributed by atoms with E-state index >= 15 is 0 Å². The summed E-state index contributed by atoms with van der Waals surface area (Å²) in [6.07, 6.45) is 3.83. The number of aromatic nitrogens is 2. The molecule has 1 amide bonds. The second kappa shape index (κ2) is 7.77. The van der Waals surface area contributed by atoms with Crippen LogP contribution < -0.4 is 10.0 Å². The molecule has 2 aromatic heterocycles. The number of nitrogens with one attached hydrogen (secondary N) is 2. The number of nitrogens with zero attached hydrogens (tertiary/aromatic N) is 2. The molecule has 2 heterocycles. The Morgan fingerprint density at radius 3 is 2.37 bits per heavy atom. The zero-order valence-corrected chi connectivity index (χ0v) is 15.8. The predicted molar refractivity (Wildman–Crippen MR) is 99.3 cm³/mol. The Labute approximate surface area is 157 Å². The van der Waals surface area contributed by atoms with E-state index in [4.69, 9.17) is 4.52 Å². The van der Waals surface area contributed by atoms with Gasteiger partial charge >= 0.3 is 0 Å². The molecule has 0 fully saturated rings. The normalized spacial score (nSPS) is 11.5. The second-order valence-corrected chi connectivity index (χ2v) is 7.65. The molecule has 3 rings (SSSR count). The predicted octanol–water partition coefficient (Wildman–Crippen LogP) is 1.79. The number of hydrogen-bond acceptors (Lipinski definition) is 5. The second-order valence-electron chi connectivity index (χ2n) is 5.94. The Bertz CT molecular complexity index is 1000. The number of aryl methyl sites for hydroxylation is 2. The van der Waals surface area contributed by atoms with Gasteiger partial charge in [0, 0.05) is 36.7 Å². The highest BCUT2D eigenvalue weighted by atomic mass is 32.2. The molecule has 0 aliphatic carbocycles. The number of carbonyl (C=O) groups excluding carboxylic acids is 1. The van der Waals surface area contributed by atoms with E-state index in [2.05, 4.69) is 15.2 Å². The van der Waals surface area contributed by atoms with Crippen LogP contribution in [0.5, 0.6) is 0 Å². The first-order chi connectivity index (χ1) is 12.9. The van der Waals surface area contributed by atoms with Crippen molar-refractivity contribution in [3.63, 3.8) is 0 Å². The zero-order chi connectivity index (χ0) is 19.4. The minimum atomic E-state index is -3.73. The van der Waals surface area contributed by atoms with Gasteiger partial charge in [0.05, 0.1) is 0 Å². The maximum atomic E-state index is 12.3. The Kier molecular flexibility index (Phi) is 5.43. The van der Waals surface area contributed by atoms with Crippen molar-refractivity contribution in [2.45, 2.75) is 18.7 Å². The molecule has 2 N–H and O–H groups in total. The highest BCUT2D eigenvalue weighted by Crippen LogP contribution is 2.18. The van der Waals surface area contributed by atoms with Crippen LogP contribution in [0.3, 0.4) is 0 Å². The van der Waals surface area contributed by atoms with Crippen LogP contribution >= 0.6 is 0 Å². The summed E-state index contributed by atoms with van der Waals surface area (Å²) in [5, 5.41) is 6.33. The fraction of sp³-hybridized carbons (Fsp3) is 0.222. The van der Waals surface area contributed by atoms with Crippen LogP contribution in [0.15, 0.2) is 58.2 Å². The average molecular weight is 388 g/mol. The Morgan fingerprint density at radius 1 is 1.11 bits per heavy atom. The van der Waals surface area contributed by atoms with Crippen LogP contribution in [0.25, 0.3) is 5.69 Å². The van der Waals surface area contributed by atoms with Crippen molar-refractivity contribution in [2.24, 2.45) is 0 Å². The van der Waals surface area contributed by atoms with E-state index in [-0.39, 0.29) is 29.7 Å². The fourth-order valence-electron chi connectivity index (χ4n) is 2.69. The van der Waals surface area contributed by atoms with Gasteiger partial charge in [0.1, 0.15) is 10.6 Å². The number of hydrogen-bond donors (Lipinski definition) is 2. The summed E-state index contributed by atoms with van der Waals surface area (Å²) in [6.45, 7) is 3.30. The van der Waals surface area contributed by atoms with Crippen LogP contribution in [0.4, 0.5) is 0 Å². The smallest absolute Gasteiger partial charge is 0.251 e. The van der Waals surface area contributed by atoms with Gasteiger partial charge in [-0.1, -0.05) is 5.16 Å². The largest absolute Gasteiger partial charge is 0.360 e. The lowest BCUT2D eigenvalue weighted by molar-refractivity contribution is 0.0954. The molecule has 3 aromatic rings. The summed E-state index contributed by atoms with van der Waals surface area (Å²) < 4.78 is 33.8. The number of benzene rings is 1. The minimum Gasteiger partial charge on any atom is -0.360 e. The van der Waals surface area contributed by atoms with Gasteiger partial charge in [-0.05, 0) is 50.2 Å². The summed E-state index contributed by atoms with van der Waals surface area (Å²) in [4.78, 5) is 12.2. The lowest BCUT2D eigenvalue weighted by Crippen LogP contribution is -2.35. The molecule has 27 heavy (non-hydrogen) atoms. The number of rotatable bonds is 7. The molecule has 0 bridgehead atoms. The van der Waals surface area contributed by atoms with E-state index in [1.54, 1.807) is 19.1 Å². The van der Waals surface area contributed by atoms with Gasteiger partial charge < -0.3 is 14.4 Å². The first-order valence-corrected chi connectivity index (χ1v) is 9.81. The molecule has 8 nitrogen and oxygen atoms in total. The van der Waals surface area contributed by atoms with Gasteiger partial charge in [-0.25, -0.2) is 13.1 Å². The molecule has 1 aromatic carbocycles. The van der Waals surface area contributed by atoms with E-state index in [1.165, 1.54) is 6.92 Å². The van der Waals surface area contributed by atoms with E-state index < -0.39 is 10.0 Å². The van der Waals surface area contributed by atoms with Crippen molar-refractivity contribution in [3.05, 3.63) is 65.8 Å². The van der Waals surface area contributed by atoms with Crippen molar-refractivity contribution in [1.82, 2.24) is 19.8 Å². The molecule has 142 valence electrons. The molecule has 0 unspecified atom stereocenters. The van der Waals surface area contributed by atoms with Gasteiger partial charge in [-0.2, -0.15) is 0 Å². The first-order valence-electron chi connectivity index (χ1n) is 8.32. The molecular weight excluding hydrogens is 368 g/mol. The van der Waals surface area contributed by atoms with Gasteiger partial charge in [0.2, 0.25) is 10.0 Å². The Morgan fingerprint density at radius 2 is 1.78 bits per heavy atom. The summed E-state index contributed by atoms with van der Waals surface area (Å²) in [7, 11) is -3.73. The highest BCUT2D eigenvalue weighted by Gasteiger charge is 2.23.